The molecule has 0 amide bonds. The highest BCUT2D eigenvalue weighted by Gasteiger charge is 2.49. The summed E-state index contributed by atoms with van der Waals surface area (Å²) in [6.45, 7) is 1.95. The highest BCUT2D eigenvalue weighted by Crippen LogP contribution is 2.46. The third kappa shape index (κ3) is 2.38. The van der Waals surface area contributed by atoms with E-state index in [9.17, 15) is 18.0 Å². The first kappa shape index (κ1) is 15.8. The molecule has 1 aromatic carbocycles. The molecule has 4 rings (SSSR count). The zero-order valence-corrected chi connectivity index (χ0v) is 13.2. The lowest BCUT2D eigenvalue weighted by atomic mass is 9.63. The Hall–Kier alpha value is -1.73. The molecule has 2 aliphatic rings. The second-order valence-electron chi connectivity index (χ2n) is 6.54. The van der Waals surface area contributed by atoms with Crippen LogP contribution in [0.1, 0.15) is 12.8 Å². The first-order valence-corrected chi connectivity index (χ1v) is 7.95. The molecule has 8 heteroatoms. The molecule has 1 aliphatic heterocycles. The van der Waals surface area contributed by atoms with Crippen LogP contribution in [0.2, 0.25) is 5.02 Å². The molecule has 4 nitrogen and oxygen atoms in total. The fourth-order valence-electron chi connectivity index (χ4n) is 3.53. The molecule has 1 saturated carbocycles. The van der Waals surface area contributed by atoms with Crippen molar-refractivity contribution in [2.24, 2.45) is 5.41 Å². The Morgan fingerprint density at radius 3 is 2.54 bits per heavy atom. The number of ether oxygens (including phenoxy) is 1. The predicted octanol–water partition coefficient (Wildman–Crippen LogP) is 3.26. The maximum atomic E-state index is 12.9. The monoisotopic (exact) mass is 358 g/mol. The number of halogens is 4. The topological polar surface area (TPSA) is 43.3 Å². The van der Waals surface area contributed by atoms with Gasteiger partial charge in [0, 0.05) is 30.1 Å². The third-order valence-corrected chi connectivity index (χ3v) is 5.18. The van der Waals surface area contributed by atoms with Gasteiger partial charge in [-0.15, -0.1) is 13.2 Å². The molecule has 2 fully saturated rings. The first-order valence-electron chi connectivity index (χ1n) is 7.58. The quantitative estimate of drug-likeness (QED) is 0.896. The summed E-state index contributed by atoms with van der Waals surface area (Å²) in [6, 6.07) is 4.23. The summed E-state index contributed by atoms with van der Waals surface area (Å²) < 4.78 is 44.3. The average molecular weight is 359 g/mol. The number of nitrogens with zero attached hydrogens (tertiary/aromatic N) is 1. The van der Waals surface area contributed by atoms with Crippen molar-refractivity contribution in [2.45, 2.75) is 25.2 Å². The van der Waals surface area contributed by atoms with Gasteiger partial charge in [-0.3, -0.25) is 4.79 Å². The lowest BCUT2D eigenvalue weighted by Gasteiger charge is -2.53. The Kier molecular flexibility index (Phi) is 3.37. The van der Waals surface area contributed by atoms with Crippen molar-refractivity contribution in [2.75, 3.05) is 13.1 Å². The van der Waals surface area contributed by atoms with E-state index < -0.39 is 11.9 Å². The highest BCUT2D eigenvalue weighted by molar-refractivity contribution is 6.35. The first-order chi connectivity index (χ1) is 11.3. The van der Waals surface area contributed by atoms with Gasteiger partial charge in [-0.1, -0.05) is 11.6 Å². The van der Waals surface area contributed by atoms with E-state index >= 15 is 0 Å². The second kappa shape index (κ2) is 5.13. The Balaban J connectivity index is 1.71. The highest BCUT2D eigenvalue weighted by atomic mass is 35.5. The van der Waals surface area contributed by atoms with Gasteiger partial charge < -0.3 is 10.1 Å². The van der Waals surface area contributed by atoms with Gasteiger partial charge in [0.1, 0.15) is 5.75 Å². The Bertz CT molecular complexity index is 866. The standard InChI is InChI=1S/C16H14ClF3N2O2/c17-11-1-2-12(24-9-5-15(6-9)7-21-8-15)10-3-4-22(16(18,19)20)14(23)13(10)11/h1-4,9,21H,5-8H2. The van der Waals surface area contributed by atoms with E-state index in [4.69, 9.17) is 16.3 Å². The number of rotatable bonds is 2. The van der Waals surface area contributed by atoms with Crippen molar-refractivity contribution in [1.29, 1.82) is 0 Å². The van der Waals surface area contributed by atoms with E-state index in [1.54, 1.807) is 6.07 Å². The van der Waals surface area contributed by atoms with Crippen molar-refractivity contribution in [3.8, 4) is 5.75 Å². The maximum Gasteiger partial charge on any atom is 0.491 e. The van der Waals surface area contributed by atoms with Gasteiger partial charge in [0.15, 0.2) is 0 Å². The summed E-state index contributed by atoms with van der Waals surface area (Å²) >= 11 is 5.97. The number of hydrogen-bond donors (Lipinski definition) is 1. The summed E-state index contributed by atoms with van der Waals surface area (Å²) in [7, 11) is 0. The summed E-state index contributed by atoms with van der Waals surface area (Å²) in [6.07, 6.45) is -2.25. The van der Waals surface area contributed by atoms with Gasteiger partial charge in [-0.05, 0) is 31.0 Å². The molecule has 1 spiro atoms. The van der Waals surface area contributed by atoms with Crippen LogP contribution in [0, 0.1) is 5.41 Å². The van der Waals surface area contributed by atoms with Crippen LogP contribution in [-0.4, -0.2) is 23.8 Å². The molecule has 1 aromatic heterocycles. The maximum absolute atomic E-state index is 12.9. The van der Waals surface area contributed by atoms with E-state index in [-0.39, 0.29) is 21.1 Å². The van der Waals surface area contributed by atoms with Crippen molar-refractivity contribution in [3.63, 3.8) is 0 Å². The van der Waals surface area contributed by atoms with Crippen LogP contribution in [0.3, 0.4) is 0 Å². The number of nitrogens with one attached hydrogen (secondary N) is 1. The average Bonchev–Trinajstić information content (AvgIpc) is 2.41. The van der Waals surface area contributed by atoms with Gasteiger partial charge in [0.25, 0.3) is 5.56 Å². The lowest BCUT2D eigenvalue weighted by molar-refractivity contribution is -0.206. The van der Waals surface area contributed by atoms with Gasteiger partial charge >= 0.3 is 6.30 Å². The molecule has 0 radical (unpaired) electrons. The normalized spacial score (nSPS) is 20.0. The van der Waals surface area contributed by atoms with Crippen LogP contribution in [-0.2, 0) is 6.30 Å². The zero-order valence-electron chi connectivity index (χ0n) is 12.5. The van der Waals surface area contributed by atoms with Gasteiger partial charge in [-0.25, -0.2) is 4.57 Å². The molecule has 1 N–H and O–H groups in total. The van der Waals surface area contributed by atoms with Crippen LogP contribution in [0.15, 0.2) is 29.2 Å². The van der Waals surface area contributed by atoms with E-state index in [2.05, 4.69) is 5.32 Å². The number of pyridine rings is 1. The van der Waals surface area contributed by atoms with Crippen molar-refractivity contribution in [1.82, 2.24) is 9.88 Å². The molecule has 0 bridgehead atoms. The molecular formula is C16H14ClF3N2O2. The predicted molar refractivity (Wildman–Crippen MR) is 83.5 cm³/mol. The fourth-order valence-corrected chi connectivity index (χ4v) is 3.78. The Morgan fingerprint density at radius 1 is 1.25 bits per heavy atom. The SMILES string of the molecule is O=c1c2c(Cl)ccc(OC3CC4(CNC4)C3)c2ccn1C(F)(F)F. The minimum atomic E-state index is -4.79. The number of aromatic nitrogens is 1. The molecule has 0 unspecified atom stereocenters. The van der Waals surface area contributed by atoms with E-state index in [0.717, 1.165) is 25.9 Å². The number of fused-ring (bicyclic) bond motifs is 1. The molecular weight excluding hydrogens is 345 g/mol. The molecule has 24 heavy (non-hydrogen) atoms. The van der Waals surface area contributed by atoms with Crippen LogP contribution < -0.4 is 15.6 Å². The van der Waals surface area contributed by atoms with Gasteiger partial charge in [0.05, 0.1) is 16.5 Å². The van der Waals surface area contributed by atoms with E-state index in [1.807, 2.05) is 0 Å². The Labute approximate surface area is 140 Å². The van der Waals surface area contributed by atoms with E-state index in [1.165, 1.54) is 12.1 Å². The summed E-state index contributed by atoms with van der Waals surface area (Å²) in [4.78, 5) is 12.2. The number of hydrogen-bond acceptors (Lipinski definition) is 3. The number of alkyl halides is 3. The molecule has 2 heterocycles. The zero-order chi connectivity index (χ0) is 17.1. The Morgan fingerprint density at radius 2 is 1.96 bits per heavy atom. The fraction of sp³-hybridized carbons (Fsp3) is 0.438. The second-order valence-corrected chi connectivity index (χ2v) is 6.95. The molecule has 2 aromatic rings. The van der Waals surface area contributed by atoms with Crippen LogP contribution >= 0.6 is 11.6 Å². The van der Waals surface area contributed by atoms with Crippen molar-refractivity contribution in [3.05, 3.63) is 39.8 Å². The molecule has 128 valence electrons. The smallest absolute Gasteiger partial charge is 0.490 e. The van der Waals surface area contributed by atoms with Crippen molar-refractivity contribution < 1.29 is 17.9 Å². The summed E-state index contributed by atoms with van der Waals surface area (Å²) in [5.74, 6) is 0.396. The minimum Gasteiger partial charge on any atom is -0.490 e. The largest absolute Gasteiger partial charge is 0.491 e. The number of benzene rings is 1. The summed E-state index contributed by atoms with van der Waals surface area (Å²) in [5, 5.41) is 3.34. The summed E-state index contributed by atoms with van der Waals surface area (Å²) in [5.41, 5.74) is -0.876. The molecule has 1 aliphatic carbocycles. The van der Waals surface area contributed by atoms with Crippen LogP contribution in [0.4, 0.5) is 13.2 Å². The van der Waals surface area contributed by atoms with Crippen molar-refractivity contribution >= 4 is 22.4 Å². The molecule has 1 saturated heterocycles. The van der Waals surface area contributed by atoms with Gasteiger partial charge in [0.2, 0.25) is 0 Å². The molecule has 0 atom stereocenters. The van der Waals surface area contributed by atoms with Crippen LogP contribution in [0.5, 0.6) is 5.75 Å². The third-order valence-electron chi connectivity index (χ3n) is 4.87. The van der Waals surface area contributed by atoms with Crippen LogP contribution in [0.25, 0.3) is 10.8 Å². The van der Waals surface area contributed by atoms with Gasteiger partial charge in [-0.2, -0.15) is 0 Å². The van der Waals surface area contributed by atoms with E-state index in [0.29, 0.717) is 22.7 Å². The lowest BCUT2D eigenvalue weighted by Crippen LogP contribution is -2.62. The minimum absolute atomic E-state index is 0.0153.